The highest BCUT2D eigenvalue weighted by molar-refractivity contribution is 7.15. The Morgan fingerprint density at radius 1 is 1.50 bits per heavy atom. The first-order valence-electron chi connectivity index (χ1n) is 6.33. The van der Waals surface area contributed by atoms with Gasteiger partial charge in [0.05, 0.1) is 5.69 Å². The number of fused-ring (bicyclic) bond motifs is 1. The number of anilines is 1. The summed E-state index contributed by atoms with van der Waals surface area (Å²) in [5.41, 5.74) is 6.88. The van der Waals surface area contributed by atoms with Crippen LogP contribution >= 0.6 is 11.3 Å². The van der Waals surface area contributed by atoms with Crippen LogP contribution in [0.1, 0.15) is 23.4 Å². The summed E-state index contributed by atoms with van der Waals surface area (Å²) in [5, 5.41) is 0.650. The summed E-state index contributed by atoms with van der Waals surface area (Å²) < 4.78 is 0. The number of hydrogen-bond donors (Lipinski definition) is 1. The maximum Gasteiger partial charge on any atom is 0.223 e. The molecule has 0 radical (unpaired) electrons. The number of aryl methyl sites for hydroxylation is 1. The van der Waals surface area contributed by atoms with E-state index in [9.17, 15) is 4.79 Å². The number of thiazole rings is 1. The number of aromatic nitrogens is 1. The number of hydrogen-bond acceptors (Lipinski definition) is 4. The van der Waals surface area contributed by atoms with Gasteiger partial charge in [0, 0.05) is 36.2 Å². The van der Waals surface area contributed by atoms with Gasteiger partial charge in [0.2, 0.25) is 5.91 Å². The molecule has 0 spiro atoms. The molecular weight excluding hydrogens is 246 g/mol. The van der Waals surface area contributed by atoms with Crippen LogP contribution in [0.5, 0.6) is 0 Å². The summed E-state index contributed by atoms with van der Waals surface area (Å²) in [6.45, 7) is 4.62. The van der Waals surface area contributed by atoms with E-state index in [1.54, 1.807) is 11.3 Å². The van der Waals surface area contributed by atoms with Crippen molar-refractivity contribution in [1.29, 1.82) is 0 Å². The Morgan fingerprint density at radius 2 is 2.33 bits per heavy atom. The topological polar surface area (TPSA) is 59.2 Å². The molecule has 0 bridgehead atoms. The zero-order valence-corrected chi connectivity index (χ0v) is 11.1. The Labute approximate surface area is 111 Å². The molecule has 2 N–H and O–H groups in total. The molecule has 1 aliphatic heterocycles. The molecule has 2 atom stereocenters. The van der Waals surface area contributed by atoms with Gasteiger partial charge in [-0.2, -0.15) is 0 Å². The molecule has 96 valence electrons. The fourth-order valence-electron chi connectivity index (χ4n) is 2.91. The Kier molecular flexibility index (Phi) is 2.86. The van der Waals surface area contributed by atoms with E-state index >= 15 is 0 Å². The van der Waals surface area contributed by atoms with Gasteiger partial charge in [-0.15, -0.1) is 17.9 Å². The number of nitrogens with zero attached hydrogens (tertiary/aromatic N) is 2. The number of likely N-dealkylation sites (tertiary alicyclic amines) is 1. The molecule has 1 unspecified atom stereocenters. The van der Waals surface area contributed by atoms with E-state index in [-0.39, 0.29) is 5.91 Å². The van der Waals surface area contributed by atoms with Crippen LogP contribution in [-0.2, 0) is 17.6 Å². The number of nitrogen functional groups attached to an aromatic ring is 1. The quantitative estimate of drug-likeness (QED) is 0.825. The van der Waals surface area contributed by atoms with Crippen LogP contribution in [0, 0.1) is 5.92 Å². The number of rotatable bonds is 2. The van der Waals surface area contributed by atoms with Crippen LogP contribution in [0.25, 0.3) is 0 Å². The molecule has 2 heterocycles. The third-order valence-corrected chi connectivity index (χ3v) is 4.84. The molecule has 2 aliphatic rings. The van der Waals surface area contributed by atoms with Crippen LogP contribution in [0.2, 0.25) is 0 Å². The minimum Gasteiger partial charge on any atom is -0.375 e. The van der Waals surface area contributed by atoms with E-state index in [4.69, 9.17) is 5.73 Å². The number of amides is 1. The van der Waals surface area contributed by atoms with Crippen molar-refractivity contribution in [2.24, 2.45) is 5.92 Å². The largest absolute Gasteiger partial charge is 0.375 e. The van der Waals surface area contributed by atoms with Gasteiger partial charge in [-0.25, -0.2) is 4.98 Å². The summed E-state index contributed by atoms with van der Waals surface area (Å²) >= 11 is 1.57. The molecule has 0 aromatic carbocycles. The van der Waals surface area contributed by atoms with Crippen molar-refractivity contribution in [3.63, 3.8) is 0 Å². The lowest BCUT2D eigenvalue weighted by molar-refractivity contribution is -0.129. The van der Waals surface area contributed by atoms with Crippen molar-refractivity contribution >= 4 is 22.4 Å². The monoisotopic (exact) mass is 263 g/mol. The molecule has 18 heavy (non-hydrogen) atoms. The molecule has 5 heteroatoms. The lowest BCUT2D eigenvalue weighted by Gasteiger charge is -2.30. The highest BCUT2D eigenvalue weighted by atomic mass is 32.1. The molecule has 3 rings (SSSR count). The SMILES string of the molecule is C=CC1CC(=O)N([C@H]2CCc3nc(N)sc3C2)C1. The van der Waals surface area contributed by atoms with Crippen molar-refractivity contribution in [2.45, 2.75) is 31.7 Å². The molecule has 1 aromatic heterocycles. The second-order valence-corrected chi connectivity index (χ2v) is 6.18. The average Bonchev–Trinajstić information content (AvgIpc) is 2.89. The zero-order chi connectivity index (χ0) is 12.7. The smallest absolute Gasteiger partial charge is 0.223 e. The van der Waals surface area contributed by atoms with Gasteiger partial charge in [-0.05, 0) is 12.8 Å². The Bertz CT molecular complexity index is 496. The summed E-state index contributed by atoms with van der Waals surface area (Å²) in [6.07, 6.45) is 5.39. The predicted octanol–water partition coefficient (Wildman–Crippen LogP) is 1.62. The first-order valence-corrected chi connectivity index (χ1v) is 7.15. The highest BCUT2D eigenvalue weighted by Crippen LogP contribution is 2.32. The van der Waals surface area contributed by atoms with Crippen LogP contribution < -0.4 is 5.73 Å². The van der Waals surface area contributed by atoms with Crippen molar-refractivity contribution in [3.05, 3.63) is 23.2 Å². The Hall–Kier alpha value is -1.36. The fourth-order valence-corrected chi connectivity index (χ4v) is 3.86. The molecule has 1 aromatic rings. The first-order chi connectivity index (χ1) is 8.67. The molecular formula is C13H17N3OS. The summed E-state index contributed by atoms with van der Waals surface area (Å²) in [5.74, 6) is 0.594. The van der Waals surface area contributed by atoms with Gasteiger partial charge in [0.1, 0.15) is 0 Å². The summed E-state index contributed by atoms with van der Waals surface area (Å²) in [7, 11) is 0. The van der Waals surface area contributed by atoms with Gasteiger partial charge in [0.25, 0.3) is 0 Å². The minimum absolute atomic E-state index is 0.269. The second-order valence-electron chi connectivity index (χ2n) is 5.06. The van der Waals surface area contributed by atoms with Crippen molar-refractivity contribution in [3.8, 4) is 0 Å². The molecule has 1 amide bonds. The lowest BCUT2D eigenvalue weighted by Crippen LogP contribution is -2.40. The summed E-state index contributed by atoms with van der Waals surface area (Å²) in [6, 6.07) is 0.329. The zero-order valence-electron chi connectivity index (χ0n) is 10.3. The third kappa shape index (κ3) is 1.92. The summed E-state index contributed by atoms with van der Waals surface area (Å²) in [4.78, 5) is 19.6. The van der Waals surface area contributed by atoms with Gasteiger partial charge in [-0.1, -0.05) is 6.08 Å². The first kappa shape index (κ1) is 11.7. The fraction of sp³-hybridized carbons (Fsp3) is 0.538. The number of nitrogens with two attached hydrogens (primary N) is 1. The van der Waals surface area contributed by atoms with E-state index in [1.165, 1.54) is 4.88 Å². The maximum absolute atomic E-state index is 12.0. The highest BCUT2D eigenvalue weighted by Gasteiger charge is 2.35. The molecule has 1 saturated heterocycles. The van der Waals surface area contributed by atoms with Crippen LogP contribution in [0.15, 0.2) is 12.7 Å². The van der Waals surface area contributed by atoms with Gasteiger partial charge >= 0.3 is 0 Å². The van der Waals surface area contributed by atoms with Crippen LogP contribution in [0.3, 0.4) is 0 Å². The molecule has 0 saturated carbocycles. The predicted molar refractivity (Wildman–Crippen MR) is 72.4 cm³/mol. The van der Waals surface area contributed by atoms with E-state index in [0.29, 0.717) is 23.5 Å². The van der Waals surface area contributed by atoms with Crippen molar-refractivity contribution in [1.82, 2.24) is 9.88 Å². The molecule has 1 aliphatic carbocycles. The van der Waals surface area contributed by atoms with E-state index < -0.39 is 0 Å². The molecule has 1 fully saturated rings. The van der Waals surface area contributed by atoms with Crippen molar-refractivity contribution < 1.29 is 4.79 Å². The van der Waals surface area contributed by atoms with Gasteiger partial charge in [-0.3, -0.25) is 4.79 Å². The van der Waals surface area contributed by atoms with Crippen LogP contribution in [0.4, 0.5) is 5.13 Å². The number of carbonyl (C=O) groups is 1. The van der Waals surface area contributed by atoms with Crippen molar-refractivity contribution in [2.75, 3.05) is 12.3 Å². The maximum atomic E-state index is 12.0. The van der Waals surface area contributed by atoms with Gasteiger partial charge in [0.15, 0.2) is 5.13 Å². The van der Waals surface area contributed by atoms with Gasteiger partial charge < -0.3 is 10.6 Å². The average molecular weight is 263 g/mol. The number of carbonyl (C=O) groups excluding carboxylic acids is 1. The third-order valence-electron chi connectivity index (χ3n) is 3.89. The Balaban J connectivity index is 1.76. The lowest BCUT2D eigenvalue weighted by atomic mass is 9.96. The normalized spacial score (nSPS) is 27.3. The Morgan fingerprint density at radius 3 is 3.06 bits per heavy atom. The van der Waals surface area contributed by atoms with Crippen LogP contribution in [-0.4, -0.2) is 28.4 Å². The standard InChI is InChI=1S/C13H17N3OS/c1-2-8-5-12(17)16(7-8)9-3-4-10-11(6-9)18-13(14)15-10/h2,8-9H,1,3-7H2,(H2,14,15)/t8?,9-/m0/s1. The second kappa shape index (κ2) is 4.39. The van der Waals surface area contributed by atoms with E-state index in [2.05, 4.69) is 11.6 Å². The van der Waals surface area contributed by atoms with E-state index in [1.807, 2.05) is 11.0 Å². The molecule has 4 nitrogen and oxygen atoms in total. The van der Waals surface area contributed by atoms with E-state index in [0.717, 1.165) is 31.5 Å². The minimum atomic E-state index is 0.269.